The lowest BCUT2D eigenvalue weighted by Crippen LogP contribution is -2.33. The summed E-state index contributed by atoms with van der Waals surface area (Å²) in [5, 5.41) is 4.70. The van der Waals surface area contributed by atoms with Crippen LogP contribution in [0, 0.1) is 0 Å². The summed E-state index contributed by atoms with van der Waals surface area (Å²) in [6, 6.07) is 11.3. The van der Waals surface area contributed by atoms with E-state index >= 15 is 0 Å². The van der Waals surface area contributed by atoms with E-state index < -0.39 is 0 Å². The fraction of sp³-hybridized carbons (Fsp3) is 0.471. The van der Waals surface area contributed by atoms with Gasteiger partial charge in [-0.25, -0.2) is 0 Å². The molecule has 2 rings (SSSR count). The van der Waals surface area contributed by atoms with Gasteiger partial charge in [0.2, 0.25) is 0 Å². The average Bonchev–Trinajstić information content (AvgIpc) is 2.37. The Balaban J connectivity index is 2.26. The van der Waals surface area contributed by atoms with Gasteiger partial charge >= 0.3 is 0 Å². The van der Waals surface area contributed by atoms with Gasteiger partial charge in [0.25, 0.3) is 0 Å². The van der Waals surface area contributed by atoms with Crippen molar-refractivity contribution in [3.05, 3.63) is 42.1 Å². The molecular weight excluding hydrogens is 232 g/mol. The minimum atomic E-state index is 0.160. The van der Waals surface area contributed by atoms with Gasteiger partial charge in [-0.2, -0.15) is 0 Å². The zero-order chi connectivity index (χ0) is 13.9. The van der Waals surface area contributed by atoms with E-state index in [1.165, 1.54) is 10.9 Å². The van der Waals surface area contributed by atoms with E-state index in [-0.39, 0.29) is 5.41 Å². The normalized spacial score (nSPS) is 13.7. The van der Waals surface area contributed by atoms with Gasteiger partial charge in [0, 0.05) is 17.6 Å². The molecule has 1 N–H and O–H groups in total. The Bertz CT molecular complexity index is 546. The topological polar surface area (TPSA) is 24.9 Å². The molecule has 1 unspecified atom stereocenters. The smallest absolute Gasteiger partial charge is 0.0704 e. The lowest BCUT2D eigenvalue weighted by molar-refractivity contribution is 0.394. The molecule has 1 aromatic heterocycles. The van der Waals surface area contributed by atoms with Crippen LogP contribution in [0.5, 0.6) is 0 Å². The zero-order valence-electron chi connectivity index (χ0n) is 12.4. The molecule has 0 saturated heterocycles. The molecular formula is C17H24N2. The Morgan fingerprint density at radius 2 is 2.05 bits per heavy atom. The van der Waals surface area contributed by atoms with Crippen LogP contribution in [-0.2, 0) is 5.41 Å². The van der Waals surface area contributed by atoms with E-state index in [1.807, 2.05) is 12.3 Å². The third-order valence-corrected chi connectivity index (χ3v) is 3.76. The van der Waals surface area contributed by atoms with Crippen LogP contribution in [0.25, 0.3) is 10.9 Å². The van der Waals surface area contributed by atoms with Crippen molar-refractivity contribution in [2.45, 2.75) is 45.6 Å². The fourth-order valence-electron chi connectivity index (χ4n) is 2.79. The molecule has 0 radical (unpaired) electrons. The molecule has 0 spiro atoms. The van der Waals surface area contributed by atoms with Crippen LogP contribution in [0.2, 0.25) is 0 Å². The lowest BCUT2D eigenvalue weighted by Gasteiger charge is -2.29. The van der Waals surface area contributed by atoms with Crippen molar-refractivity contribution < 1.29 is 0 Å². The Labute approximate surface area is 116 Å². The lowest BCUT2D eigenvalue weighted by atomic mass is 9.79. The van der Waals surface area contributed by atoms with Gasteiger partial charge < -0.3 is 5.32 Å². The monoisotopic (exact) mass is 256 g/mol. The molecule has 0 fully saturated rings. The second-order valence-electron chi connectivity index (χ2n) is 5.96. The van der Waals surface area contributed by atoms with Gasteiger partial charge in [0.15, 0.2) is 0 Å². The van der Waals surface area contributed by atoms with Gasteiger partial charge in [-0.3, -0.25) is 4.98 Å². The number of hydrogen-bond acceptors (Lipinski definition) is 2. The summed E-state index contributed by atoms with van der Waals surface area (Å²) in [7, 11) is 0. The summed E-state index contributed by atoms with van der Waals surface area (Å²) in [5.74, 6) is 0. The van der Waals surface area contributed by atoms with Crippen molar-refractivity contribution in [2.75, 3.05) is 6.54 Å². The van der Waals surface area contributed by atoms with Crippen LogP contribution in [0.3, 0.4) is 0 Å². The Kier molecular flexibility index (Phi) is 4.20. The highest BCUT2D eigenvalue weighted by molar-refractivity contribution is 5.79. The summed E-state index contributed by atoms with van der Waals surface area (Å²) in [5.41, 5.74) is 2.61. The highest BCUT2D eigenvalue weighted by atomic mass is 14.9. The molecule has 0 amide bonds. The number of aromatic nitrogens is 1. The average molecular weight is 256 g/mol. The number of nitrogens with zero attached hydrogens (tertiary/aromatic N) is 1. The molecule has 19 heavy (non-hydrogen) atoms. The van der Waals surface area contributed by atoms with Crippen LogP contribution in [0.4, 0.5) is 0 Å². The van der Waals surface area contributed by atoms with Crippen molar-refractivity contribution in [1.82, 2.24) is 10.3 Å². The molecule has 0 bridgehead atoms. The van der Waals surface area contributed by atoms with Crippen LogP contribution in [-0.4, -0.2) is 17.6 Å². The van der Waals surface area contributed by atoms with E-state index in [0.29, 0.717) is 6.04 Å². The molecule has 1 aromatic carbocycles. The summed E-state index contributed by atoms with van der Waals surface area (Å²) < 4.78 is 0. The van der Waals surface area contributed by atoms with Gasteiger partial charge in [0.1, 0.15) is 0 Å². The number of pyridine rings is 1. The number of fused-ring (bicyclic) bond motifs is 1. The van der Waals surface area contributed by atoms with Crippen LogP contribution in [0.15, 0.2) is 36.5 Å². The largest absolute Gasteiger partial charge is 0.315 e. The summed E-state index contributed by atoms with van der Waals surface area (Å²) in [6.45, 7) is 10.1. The maximum atomic E-state index is 4.46. The molecule has 0 saturated carbocycles. The summed E-state index contributed by atoms with van der Waals surface area (Å²) in [6.07, 6.45) is 2.99. The SMILES string of the molecule is CCNC(C)CC(C)(C)c1ccc2cccnc2c1. The predicted octanol–water partition coefficient (Wildman–Crippen LogP) is 3.90. The van der Waals surface area contributed by atoms with Gasteiger partial charge in [-0.05, 0) is 43.0 Å². The first-order chi connectivity index (χ1) is 9.03. The first kappa shape index (κ1) is 14.0. The second-order valence-corrected chi connectivity index (χ2v) is 5.96. The quantitative estimate of drug-likeness (QED) is 0.877. The van der Waals surface area contributed by atoms with Gasteiger partial charge in [-0.1, -0.05) is 39.0 Å². The number of rotatable bonds is 5. The van der Waals surface area contributed by atoms with Crippen molar-refractivity contribution >= 4 is 10.9 Å². The standard InChI is InChI=1S/C17H24N2/c1-5-18-13(2)12-17(3,4)15-9-8-14-7-6-10-19-16(14)11-15/h6-11,13,18H,5,12H2,1-4H3. The van der Waals surface area contributed by atoms with E-state index in [1.54, 1.807) is 0 Å². The van der Waals surface area contributed by atoms with Crippen molar-refractivity contribution in [2.24, 2.45) is 0 Å². The van der Waals surface area contributed by atoms with E-state index in [0.717, 1.165) is 18.5 Å². The first-order valence-electron chi connectivity index (χ1n) is 7.11. The molecule has 102 valence electrons. The molecule has 2 aromatic rings. The zero-order valence-corrected chi connectivity index (χ0v) is 12.4. The summed E-state index contributed by atoms with van der Waals surface area (Å²) in [4.78, 5) is 4.46. The molecule has 2 heteroatoms. The number of hydrogen-bond donors (Lipinski definition) is 1. The van der Waals surface area contributed by atoms with Gasteiger partial charge in [-0.15, -0.1) is 0 Å². The van der Waals surface area contributed by atoms with Gasteiger partial charge in [0.05, 0.1) is 5.52 Å². The number of nitrogens with one attached hydrogen (secondary N) is 1. The maximum absolute atomic E-state index is 4.46. The molecule has 1 heterocycles. The molecule has 1 atom stereocenters. The minimum Gasteiger partial charge on any atom is -0.315 e. The Hall–Kier alpha value is -1.41. The van der Waals surface area contributed by atoms with E-state index in [4.69, 9.17) is 0 Å². The fourth-order valence-corrected chi connectivity index (χ4v) is 2.79. The van der Waals surface area contributed by atoms with E-state index in [9.17, 15) is 0 Å². The maximum Gasteiger partial charge on any atom is 0.0704 e. The first-order valence-corrected chi connectivity index (χ1v) is 7.11. The van der Waals surface area contributed by atoms with Crippen LogP contribution >= 0.6 is 0 Å². The summed E-state index contributed by atoms with van der Waals surface area (Å²) >= 11 is 0. The van der Waals surface area contributed by atoms with Crippen LogP contribution in [0.1, 0.15) is 39.7 Å². The molecule has 0 aliphatic carbocycles. The minimum absolute atomic E-state index is 0.160. The van der Waals surface area contributed by atoms with E-state index in [2.05, 4.69) is 62.3 Å². The second kappa shape index (κ2) is 5.70. The molecule has 0 aliphatic heterocycles. The van der Waals surface area contributed by atoms with Crippen molar-refractivity contribution in [1.29, 1.82) is 0 Å². The van der Waals surface area contributed by atoms with Crippen molar-refractivity contribution in [3.63, 3.8) is 0 Å². The third-order valence-electron chi connectivity index (χ3n) is 3.76. The molecule has 0 aliphatic rings. The highest BCUT2D eigenvalue weighted by Crippen LogP contribution is 2.30. The Morgan fingerprint density at radius 3 is 2.79 bits per heavy atom. The predicted molar refractivity (Wildman–Crippen MR) is 82.5 cm³/mol. The third kappa shape index (κ3) is 3.32. The number of benzene rings is 1. The van der Waals surface area contributed by atoms with Crippen LogP contribution < -0.4 is 5.32 Å². The highest BCUT2D eigenvalue weighted by Gasteiger charge is 2.23. The Morgan fingerprint density at radius 1 is 1.26 bits per heavy atom. The van der Waals surface area contributed by atoms with Crippen molar-refractivity contribution in [3.8, 4) is 0 Å². The molecule has 2 nitrogen and oxygen atoms in total.